The van der Waals surface area contributed by atoms with E-state index in [-0.39, 0.29) is 11.5 Å². The number of piperidine rings is 1. The Morgan fingerprint density at radius 2 is 1.82 bits per heavy atom. The van der Waals surface area contributed by atoms with Crippen LogP contribution in [0.2, 0.25) is 0 Å². The Balaban J connectivity index is 1.46. The molecule has 3 fully saturated rings. The Morgan fingerprint density at radius 1 is 1.08 bits per heavy atom. The summed E-state index contributed by atoms with van der Waals surface area (Å²) in [7, 11) is -4.24. The largest absolute Gasteiger partial charge is 0.441 e. The Hall–Kier alpha value is -2.60. The average molecular weight is 564 g/mol. The van der Waals surface area contributed by atoms with Gasteiger partial charge in [-0.3, -0.25) is 4.90 Å². The number of carbonyl (C=O) groups is 1. The topological polar surface area (TPSA) is 90.4 Å². The van der Waals surface area contributed by atoms with Crippen LogP contribution in [0.15, 0.2) is 47.4 Å². The Kier molecular flexibility index (Phi) is 7.96. The molecule has 2 atom stereocenters. The van der Waals surface area contributed by atoms with Crippen LogP contribution in [0.1, 0.15) is 49.3 Å². The number of aliphatic hydroxyl groups excluding tert-OH is 1. The summed E-state index contributed by atoms with van der Waals surface area (Å²) in [6.07, 6.45) is 2.14. The van der Waals surface area contributed by atoms with Gasteiger partial charge in [-0.1, -0.05) is 18.2 Å². The van der Waals surface area contributed by atoms with Crippen LogP contribution in [0, 0.1) is 18.6 Å². The van der Waals surface area contributed by atoms with Crippen LogP contribution in [0.4, 0.5) is 13.6 Å². The minimum absolute atomic E-state index is 0.0525. The summed E-state index contributed by atoms with van der Waals surface area (Å²) in [5.74, 6) is -1.10. The number of piperazine rings is 1. The van der Waals surface area contributed by atoms with Crippen LogP contribution in [0.25, 0.3) is 0 Å². The number of sulfonamides is 1. The Morgan fingerprint density at radius 3 is 2.46 bits per heavy atom. The highest BCUT2D eigenvalue weighted by atomic mass is 32.2. The van der Waals surface area contributed by atoms with Crippen LogP contribution in [-0.4, -0.2) is 84.7 Å². The zero-order valence-corrected chi connectivity index (χ0v) is 22.9. The molecule has 39 heavy (non-hydrogen) atoms. The minimum atomic E-state index is -4.24. The monoisotopic (exact) mass is 563 g/mol. The SMILES string of the molecule is Cc1ccc(S(=O)(=O)N2[C@H](c3cccc(F)c3)CCC[C@@H]2C2(OC(=O)N3CCN(CCO)CC3)CC2)cc1F. The second kappa shape index (κ2) is 11.1. The average Bonchev–Trinajstić information content (AvgIpc) is 3.70. The number of carbonyl (C=O) groups excluding carboxylic acids is 1. The van der Waals surface area contributed by atoms with E-state index in [1.54, 1.807) is 24.0 Å². The Labute approximate surface area is 228 Å². The van der Waals surface area contributed by atoms with Crippen LogP contribution < -0.4 is 0 Å². The van der Waals surface area contributed by atoms with Crippen LogP contribution >= 0.6 is 0 Å². The number of amides is 1. The number of hydrogen-bond donors (Lipinski definition) is 1. The van der Waals surface area contributed by atoms with Gasteiger partial charge in [0.1, 0.15) is 17.2 Å². The molecule has 3 aliphatic rings. The first-order valence-corrected chi connectivity index (χ1v) is 14.9. The van der Waals surface area contributed by atoms with Gasteiger partial charge in [0.25, 0.3) is 0 Å². The molecule has 0 aromatic heterocycles. The van der Waals surface area contributed by atoms with E-state index in [4.69, 9.17) is 4.74 Å². The molecule has 2 heterocycles. The summed E-state index contributed by atoms with van der Waals surface area (Å²) in [5.41, 5.74) is -0.155. The maximum absolute atomic E-state index is 14.5. The molecule has 212 valence electrons. The lowest BCUT2D eigenvalue weighted by Crippen LogP contribution is -2.55. The molecule has 1 aliphatic carbocycles. The molecular weight excluding hydrogens is 528 g/mol. The lowest BCUT2D eigenvalue weighted by atomic mass is 9.90. The molecule has 1 amide bonds. The van der Waals surface area contributed by atoms with E-state index in [1.807, 2.05) is 0 Å². The van der Waals surface area contributed by atoms with E-state index in [2.05, 4.69) is 4.90 Å². The molecule has 5 rings (SSSR count). The number of aryl methyl sites for hydroxylation is 1. The number of hydrogen-bond acceptors (Lipinski definition) is 6. The molecule has 2 aromatic carbocycles. The van der Waals surface area contributed by atoms with Gasteiger partial charge in [-0.25, -0.2) is 22.0 Å². The summed E-state index contributed by atoms with van der Waals surface area (Å²) in [4.78, 5) is 16.7. The van der Waals surface area contributed by atoms with E-state index >= 15 is 0 Å². The highest BCUT2D eigenvalue weighted by Crippen LogP contribution is 2.52. The van der Waals surface area contributed by atoms with Crippen molar-refractivity contribution < 1.29 is 31.8 Å². The van der Waals surface area contributed by atoms with Gasteiger partial charge in [-0.15, -0.1) is 0 Å². The highest BCUT2D eigenvalue weighted by Gasteiger charge is 2.60. The fourth-order valence-electron chi connectivity index (χ4n) is 5.85. The third-order valence-electron chi connectivity index (χ3n) is 8.21. The van der Waals surface area contributed by atoms with E-state index in [0.717, 1.165) is 6.07 Å². The third kappa shape index (κ3) is 5.68. The standard InChI is InChI=1S/C28H35F2N3O5S/c1-20-8-9-23(19-24(20)30)39(36,37)33-25(21-4-2-5-22(29)18-21)6-3-7-26(33)28(10-11-28)38-27(35)32-14-12-31(13-15-32)16-17-34/h2,4-5,8-9,18-19,25-26,34H,3,6-7,10-17H2,1H3/t25-,26+/m0/s1. The van der Waals surface area contributed by atoms with Crippen molar-refractivity contribution in [3.05, 3.63) is 65.2 Å². The number of rotatable bonds is 7. The van der Waals surface area contributed by atoms with Crippen molar-refractivity contribution in [1.82, 2.24) is 14.1 Å². The lowest BCUT2D eigenvalue weighted by molar-refractivity contribution is -0.0145. The van der Waals surface area contributed by atoms with E-state index in [0.29, 0.717) is 76.0 Å². The summed E-state index contributed by atoms with van der Waals surface area (Å²) in [6, 6.07) is 8.38. The number of benzene rings is 2. The number of ether oxygens (including phenoxy) is 1. The van der Waals surface area contributed by atoms with Gasteiger partial charge in [-0.05, 0) is 74.4 Å². The second-order valence-electron chi connectivity index (χ2n) is 10.7. The summed E-state index contributed by atoms with van der Waals surface area (Å²) < 4.78 is 64.6. The zero-order valence-electron chi connectivity index (χ0n) is 22.1. The predicted molar refractivity (Wildman–Crippen MR) is 140 cm³/mol. The van der Waals surface area contributed by atoms with Crippen LogP contribution in [-0.2, 0) is 14.8 Å². The van der Waals surface area contributed by atoms with Crippen molar-refractivity contribution >= 4 is 16.1 Å². The Bertz CT molecular complexity index is 1310. The number of aliphatic hydroxyl groups is 1. The maximum atomic E-state index is 14.5. The van der Waals surface area contributed by atoms with E-state index in [9.17, 15) is 27.1 Å². The predicted octanol–water partition coefficient (Wildman–Crippen LogP) is 3.84. The number of β-amino-alcohol motifs (C(OH)–C–C–N with tert-alkyl or cyclic N) is 1. The van der Waals surface area contributed by atoms with Crippen LogP contribution in [0.5, 0.6) is 0 Å². The lowest BCUT2D eigenvalue weighted by Gasteiger charge is -2.45. The molecule has 2 saturated heterocycles. The number of halogens is 2. The second-order valence-corrected chi connectivity index (χ2v) is 12.6. The molecule has 0 spiro atoms. The first-order valence-electron chi connectivity index (χ1n) is 13.5. The fourth-order valence-corrected chi connectivity index (χ4v) is 7.78. The quantitative estimate of drug-likeness (QED) is 0.551. The summed E-state index contributed by atoms with van der Waals surface area (Å²) in [5, 5.41) is 9.18. The fraction of sp³-hybridized carbons (Fsp3) is 0.536. The van der Waals surface area contributed by atoms with E-state index in [1.165, 1.54) is 28.6 Å². The highest BCUT2D eigenvalue weighted by molar-refractivity contribution is 7.89. The molecular formula is C28H35F2N3O5S. The molecule has 0 unspecified atom stereocenters. The molecule has 0 radical (unpaired) electrons. The first kappa shape index (κ1) is 27.9. The van der Waals surface area contributed by atoms with Crippen molar-refractivity contribution in [3.63, 3.8) is 0 Å². The van der Waals surface area contributed by atoms with Gasteiger partial charge < -0.3 is 14.7 Å². The number of nitrogens with zero attached hydrogens (tertiary/aromatic N) is 3. The van der Waals surface area contributed by atoms with Gasteiger partial charge in [0.15, 0.2) is 0 Å². The third-order valence-corrected chi connectivity index (χ3v) is 10.1. The van der Waals surface area contributed by atoms with Crippen LogP contribution in [0.3, 0.4) is 0 Å². The summed E-state index contributed by atoms with van der Waals surface area (Å²) >= 11 is 0. The maximum Gasteiger partial charge on any atom is 0.410 e. The van der Waals surface area contributed by atoms with Crippen molar-refractivity contribution in [2.24, 2.45) is 0 Å². The summed E-state index contributed by atoms with van der Waals surface area (Å²) in [6.45, 7) is 4.31. The van der Waals surface area contributed by atoms with Gasteiger partial charge in [0, 0.05) is 32.7 Å². The molecule has 2 aromatic rings. The minimum Gasteiger partial charge on any atom is -0.441 e. The molecule has 0 bridgehead atoms. The molecule has 1 saturated carbocycles. The molecule has 8 nitrogen and oxygen atoms in total. The smallest absolute Gasteiger partial charge is 0.410 e. The van der Waals surface area contributed by atoms with Gasteiger partial charge in [-0.2, -0.15) is 4.31 Å². The molecule has 1 N–H and O–H groups in total. The van der Waals surface area contributed by atoms with Crippen molar-refractivity contribution in [3.8, 4) is 0 Å². The van der Waals surface area contributed by atoms with Crippen molar-refractivity contribution in [1.29, 1.82) is 0 Å². The van der Waals surface area contributed by atoms with Gasteiger partial charge in [0.05, 0.1) is 23.6 Å². The molecule has 11 heteroatoms. The van der Waals surface area contributed by atoms with Crippen molar-refractivity contribution in [2.75, 3.05) is 39.3 Å². The first-order chi connectivity index (χ1) is 18.6. The zero-order chi connectivity index (χ0) is 27.8. The van der Waals surface area contributed by atoms with Gasteiger partial charge >= 0.3 is 6.09 Å². The van der Waals surface area contributed by atoms with Crippen molar-refractivity contribution in [2.45, 2.75) is 61.6 Å². The van der Waals surface area contributed by atoms with E-state index < -0.39 is 45.4 Å². The normalized spacial score (nSPS) is 23.9. The van der Waals surface area contributed by atoms with Gasteiger partial charge in [0.2, 0.25) is 10.0 Å². The molecule has 2 aliphatic heterocycles.